The highest BCUT2D eigenvalue weighted by atomic mass is 32.1. The Morgan fingerprint density at radius 2 is 1.95 bits per heavy atom. The quantitative estimate of drug-likeness (QED) is 0.893. The number of rotatable bonds is 5. The minimum atomic E-state index is 0.715. The number of nitrogens with zero attached hydrogens (tertiary/aromatic N) is 3. The maximum atomic E-state index is 4.79. The molecule has 106 valence electrons. The Morgan fingerprint density at radius 1 is 1.21 bits per heavy atom. The lowest BCUT2D eigenvalue weighted by Crippen LogP contribution is -2.40. The van der Waals surface area contributed by atoms with E-state index in [9.17, 15) is 0 Å². The van der Waals surface area contributed by atoms with Crippen molar-refractivity contribution in [3.8, 4) is 0 Å². The molecule has 0 aromatic carbocycles. The van der Waals surface area contributed by atoms with Crippen molar-refractivity contribution in [1.82, 2.24) is 15.2 Å². The van der Waals surface area contributed by atoms with E-state index in [1.165, 1.54) is 36.5 Å². The first-order valence-corrected chi connectivity index (χ1v) is 8.20. The standard InChI is InChI=1S/C14H24N4S/c1-17(12-5-7-15-8-6-12)9-11-10-19-14(16-11)18(2)13-3-4-13/h10,12-13,15H,3-9H2,1-2H3. The molecular formula is C14H24N4S. The number of nitrogens with one attached hydrogen (secondary N) is 1. The summed E-state index contributed by atoms with van der Waals surface area (Å²) in [6.45, 7) is 3.29. The van der Waals surface area contributed by atoms with Crippen LogP contribution in [0.2, 0.25) is 0 Å². The molecule has 0 spiro atoms. The van der Waals surface area contributed by atoms with Gasteiger partial charge in [-0.1, -0.05) is 0 Å². The van der Waals surface area contributed by atoms with E-state index in [4.69, 9.17) is 4.98 Å². The van der Waals surface area contributed by atoms with Crippen LogP contribution in [-0.2, 0) is 6.54 Å². The van der Waals surface area contributed by atoms with Gasteiger partial charge in [0, 0.05) is 31.1 Å². The van der Waals surface area contributed by atoms with Gasteiger partial charge >= 0.3 is 0 Å². The van der Waals surface area contributed by atoms with E-state index in [0.717, 1.165) is 25.7 Å². The van der Waals surface area contributed by atoms with Crippen LogP contribution in [0.5, 0.6) is 0 Å². The van der Waals surface area contributed by atoms with Crippen LogP contribution >= 0.6 is 11.3 Å². The maximum absolute atomic E-state index is 4.79. The van der Waals surface area contributed by atoms with Crippen molar-refractivity contribution in [3.05, 3.63) is 11.1 Å². The average molecular weight is 280 g/mol. The third kappa shape index (κ3) is 3.27. The van der Waals surface area contributed by atoms with E-state index in [-0.39, 0.29) is 0 Å². The Kier molecular flexibility index (Phi) is 4.05. The molecule has 1 aromatic heterocycles. The average Bonchev–Trinajstić information content (AvgIpc) is 3.19. The molecule has 19 heavy (non-hydrogen) atoms. The fourth-order valence-corrected chi connectivity index (χ4v) is 3.63. The molecular weight excluding hydrogens is 256 g/mol. The maximum Gasteiger partial charge on any atom is 0.185 e. The highest BCUT2D eigenvalue weighted by molar-refractivity contribution is 7.13. The van der Waals surface area contributed by atoms with E-state index in [1.54, 1.807) is 11.3 Å². The second kappa shape index (κ2) is 5.77. The van der Waals surface area contributed by atoms with Gasteiger partial charge in [-0.25, -0.2) is 4.98 Å². The molecule has 0 radical (unpaired) electrons. The predicted octanol–water partition coefficient (Wildman–Crippen LogP) is 1.93. The smallest absolute Gasteiger partial charge is 0.185 e. The van der Waals surface area contributed by atoms with Crippen molar-refractivity contribution in [2.45, 2.75) is 44.3 Å². The number of hydrogen-bond acceptors (Lipinski definition) is 5. The third-order valence-corrected chi connectivity index (χ3v) is 5.26. The predicted molar refractivity (Wildman–Crippen MR) is 80.9 cm³/mol. The van der Waals surface area contributed by atoms with Crippen LogP contribution in [0.4, 0.5) is 5.13 Å². The summed E-state index contributed by atoms with van der Waals surface area (Å²) in [5.74, 6) is 0. The first-order valence-electron chi connectivity index (χ1n) is 7.32. The van der Waals surface area contributed by atoms with Crippen LogP contribution in [0.25, 0.3) is 0 Å². The molecule has 3 rings (SSSR count). The molecule has 1 aliphatic carbocycles. The van der Waals surface area contributed by atoms with Gasteiger partial charge in [-0.2, -0.15) is 0 Å². The highest BCUT2D eigenvalue weighted by Gasteiger charge is 2.28. The van der Waals surface area contributed by atoms with E-state index in [2.05, 4.69) is 34.6 Å². The zero-order valence-electron chi connectivity index (χ0n) is 11.9. The van der Waals surface area contributed by atoms with Crippen molar-refractivity contribution < 1.29 is 0 Å². The lowest BCUT2D eigenvalue weighted by atomic mass is 10.1. The molecule has 0 atom stereocenters. The molecule has 1 N–H and O–H groups in total. The normalized spacial score (nSPS) is 21.0. The SMILES string of the molecule is CN(Cc1csc(N(C)C2CC2)n1)C1CCNCC1. The molecule has 1 saturated carbocycles. The summed E-state index contributed by atoms with van der Waals surface area (Å²) in [4.78, 5) is 9.61. The van der Waals surface area contributed by atoms with Crippen LogP contribution in [0.1, 0.15) is 31.4 Å². The second-order valence-electron chi connectivity index (χ2n) is 5.86. The largest absolute Gasteiger partial charge is 0.348 e. The Balaban J connectivity index is 1.56. The van der Waals surface area contributed by atoms with E-state index < -0.39 is 0 Å². The molecule has 0 unspecified atom stereocenters. The first kappa shape index (κ1) is 13.3. The molecule has 2 heterocycles. The number of piperidine rings is 1. The lowest BCUT2D eigenvalue weighted by molar-refractivity contribution is 0.190. The first-order chi connectivity index (χ1) is 9.24. The van der Waals surface area contributed by atoms with Crippen LogP contribution in [0, 0.1) is 0 Å². The molecule has 4 nitrogen and oxygen atoms in total. The highest BCUT2D eigenvalue weighted by Crippen LogP contribution is 2.32. The molecule has 0 amide bonds. The van der Waals surface area contributed by atoms with Gasteiger partial charge in [-0.05, 0) is 45.8 Å². The molecule has 5 heteroatoms. The number of thiazole rings is 1. The molecule has 1 aliphatic heterocycles. The van der Waals surface area contributed by atoms with Crippen molar-refractivity contribution in [2.75, 3.05) is 32.1 Å². The van der Waals surface area contributed by atoms with Gasteiger partial charge in [-0.3, -0.25) is 4.90 Å². The van der Waals surface area contributed by atoms with Crippen LogP contribution in [-0.4, -0.2) is 49.2 Å². The number of anilines is 1. The van der Waals surface area contributed by atoms with Crippen molar-refractivity contribution in [3.63, 3.8) is 0 Å². The summed E-state index contributed by atoms with van der Waals surface area (Å²) >= 11 is 1.79. The zero-order valence-corrected chi connectivity index (χ0v) is 12.7. The zero-order chi connectivity index (χ0) is 13.2. The summed E-state index contributed by atoms with van der Waals surface area (Å²) in [7, 11) is 4.41. The molecule has 0 bridgehead atoms. The monoisotopic (exact) mass is 280 g/mol. The third-order valence-electron chi connectivity index (χ3n) is 4.28. The van der Waals surface area contributed by atoms with E-state index in [0.29, 0.717) is 6.04 Å². The van der Waals surface area contributed by atoms with Gasteiger partial charge in [0.25, 0.3) is 0 Å². The van der Waals surface area contributed by atoms with Crippen LogP contribution in [0.15, 0.2) is 5.38 Å². The van der Waals surface area contributed by atoms with Crippen molar-refractivity contribution in [2.24, 2.45) is 0 Å². The number of aromatic nitrogens is 1. The topological polar surface area (TPSA) is 31.4 Å². The Bertz CT molecular complexity index is 409. The number of hydrogen-bond donors (Lipinski definition) is 1. The van der Waals surface area contributed by atoms with E-state index in [1.807, 2.05) is 0 Å². The Morgan fingerprint density at radius 3 is 2.63 bits per heavy atom. The van der Waals surface area contributed by atoms with E-state index >= 15 is 0 Å². The Hall–Kier alpha value is -0.650. The summed E-state index contributed by atoms with van der Waals surface area (Å²) < 4.78 is 0. The minimum absolute atomic E-state index is 0.715. The molecule has 2 aliphatic rings. The van der Waals surface area contributed by atoms with Gasteiger partial charge < -0.3 is 10.2 Å². The summed E-state index contributed by atoms with van der Waals surface area (Å²) in [6, 6.07) is 1.47. The summed E-state index contributed by atoms with van der Waals surface area (Å²) in [5, 5.41) is 6.84. The van der Waals surface area contributed by atoms with Gasteiger partial charge in [-0.15, -0.1) is 11.3 Å². The Labute approximate surface area is 119 Å². The molecule has 1 aromatic rings. The fourth-order valence-electron chi connectivity index (χ4n) is 2.78. The second-order valence-corrected chi connectivity index (χ2v) is 6.70. The lowest BCUT2D eigenvalue weighted by Gasteiger charge is -2.31. The molecule has 2 fully saturated rings. The van der Waals surface area contributed by atoms with Gasteiger partial charge in [0.15, 0.2) is 5.13 Å². The minimum Gasteiger partial charge on any atom is -0.348 e. The summed E-state index contributed by atoms with van der Waals surface area (Å²) in [6.07, 6.45) is 5.19. The van der Waals surface area contributed by atoms with Gasteiger partial charge in [0.05, 0.1) is 5.69 Å². The molecule has 1 saturated heterocycles. The van der Waals surface area contributed by atoms with Gasteiger partial charge in [0.1, 0.15) is 0 Å². The van der Waals surface area contributed by atoms with Crippen LogP contribution in [0.3, 0.4) is 0 Å². The van der Waals surface area contributed by atoms with Crippen LogP contribution < -0.4 is 10.2 Å². The van der Waals surface area contributed by atoms with Gasteiger partial charge in [0.2, 0.25) is 0 Å². The fraction of sp³-hybridized carbons (Fsp3) is 0.786. The summed E-state index contributed by atoms with van der Waals surface area (Å²) in [5.41, 5.74) is 1.23. The van der Waals surface area contributed by atoms with Crippen molar-refractivity contribution in [1.29, 1.82) is 0 Å². The van der Waals surface area contributed by atoms with Crippen molar-refractivity contribution >= 4 is 16.5 Å².